The van der Waals surface area contributed by atoms with Crippen molar-refractivity contribution in [2.24, 2.45) is 11.7 Å². The van der Waals surface area contributed by atoms with Gasteiger partial charge in [-0.2, -0.15) is 0 Å². The van der Waals surface area contributed by atoms with Gasteiger partial charge < -0.3 is 15.4 Å². The lowest BCUT2D eigenvalue weighted by Crippen LogP contribution is -2.58. The largest absolute Gasteiger partial charge is 0.468 e. The number of rotatable bonds is 7. The number of methoxy groups -OCH3 is 1. The summed E-state index contributed by atoms with van der Waals surface area (Å²) in [4.78, 5) is 14.0. The summed E-state index contributed by atoms with van der Waals surface area (Å²) in [5.74, 6) is 0.0513. The molecular weight excluding hydrogens is 204 g/mol. The fourth-order valence-electron chi connectivity index (χ4n) is 2.18. The molecule has 0 aliphatic heterocycles. The van der Waals surface area contributed by atoms with Crippen molar-refractivity contribution in [2.75, 3.05) is 26.7 Å². The average molecular weight is 228 g/mol. The molecule has 1 aliphatic rings. The Kier molecular flexibility index (Phi) is 4.74. The Morgan fingerprint density at radius 1 is 1.50 bits per heavy atom. The van der Waals surface area contributed by atoms with Crippen molar-refractivity contribution in [3.8, 4) is 0 Å². The molecule has 1 rings (SSSR count). The Labute approximate surface area is 98.1 Å². The van der Waals surface area contributed by atoms with Crippen LogP contribution in [0.3, 0.4) is 0 Å². The number of nitrogens with two attached hydrogens (primary N) is 1. The molecule has 1 unspecified atom stereocenters. The first-order chi connectivity index (χ1) is 7.58. The van der Waals surface area contributed by atoms with Crippen molar-refractivity contribution in [2.45, 2.75) is 38.6 Å². The van der Waals surface area contributed by atoms with E-state index in [1.807, 2.05) is 0 Å². The van der Waals surface area contributed by atoms with Crippen LogP contribution in [0.15, 0.2) is 0 Å². The van der Waals surface area contributed by atoms with Gasteiger partial charge in [-0.3, -0.25) is 4.79 Å². The summed E-state index contributed by atoms with van der Waals surface area (Å²) >= 11 is 0. The molecule has 4 nitrogen and oxygen atoms in total. The summed E-state index contributed by atoms with van der Waals surface area (Å²) in [6.07, 6.45) is 3.18. The van der Waals surface area contributed by atoms with E-state index in [0.717, 1.165) is 32.4 Å². The van der Waals surface area contributed by atoms with Crippen LogP contribution in [-0.4, -0.2) is 43.2 Å². The number of carbonyl (C=O) groups is 1. The van der Waals surface area contributed by atoms with Crippen LogP contribution in [0.25, 0.3) is 0 Å². The van der Waals surface area contributed by atoms with Gasteiger partial charge in [-0.25, -0.2) is 0 Å². The van der Waals surface area contributed by atoms with Crippen molar-refractivity contribution in [3.05, 3.63) is 0 Å². The fourth-order valence-corrected chi connectivity index (χ4v) is 2.18. The van der Waals surface area contributed by atoms with E-state index in [-0.39, 0.29) is 5.97 Å². The number of likely N-dealkylation sites (N-methyl/N-ethyl adjacent to an activating group) is 1. The van der Waals surface area contributed by atoms with E-state index in [4.69, 9.17) is 10.5 Å². The third-order valence-electron chi connectivity index (χ3n) is 3.34. The van der Waals surface area contributed by atoms with Crippen LogP contribution >= 0.6 is 0 Å². The van der Waals surface area contributed by atoms with E-state index in [9.17, 15) is 4.79 Å². The Balaban J connectivity index is 2.65. The van der Waals surface area contributed by atoms with Gasteiger partial charge in [-0.15, -0.1) is 0 Å². The zero-order chi connectivity index (χ0) is 12.2. The van der Waals surface area contributed by atoms with Gasteiger partial charge in [0, 0.05) is 6.54 Å². The maximum atomic E-state index is 11.8. The minimum absolute atomic E-state index is 0.260. The van der Waals surface area contributed by atoms with Gasteiger partial charge >= 0.3 is 5.97 Å². The molecule has 0 bridgehead atoms. The Hall–Kier alpha value is -0.610. The van der Waals surface area contributed by atoms with Crippen LogP contribution in [0.1, 0.15) is 33.1 Å². The van der Waals surface area contributed by atoms with Crippen LogP contribution in [0, 0.1) is 5.92 Å². The van der Waals surface area contributed by atoms with Gasteiger partial charge in [-0.05, 0) is 38.3 Å². The number of hydrogen-bond donors (Lipinski definition) is 1. The highest BCUT2D eigenvalue weighted by atomic mass is 16.5. The summed E-state index contributed by atoms with van der Waals surface area (Å²) < 4.78 is 4.85. The van der Waals surface area contributed by atoms with E-state index in [2.05, 4.69) is 18.7 Å². The Morgan fingerprint density at radius 3 is 2.50 bits per heavy atom. The van der Waals surface area contributed by atoms with Gasteiger partial charge in [0.15, 0.2) is 0 Å². The summed E-state index contributed by atoms with van der Waals surface area (Å²) in [6.45, 7) is 6.76. The van der Waals surface area contributed by atoms with Crippen LogP contribution < -0.4 is 5.73 Å². The highest BCUT2D eigenvalue weighted by Gasteiger charge is 2.49. The first kappa shape index (κ1) is 13.5. The summed E-state index contributed by atoms with van der Waals surface area (Å²) in [6, 6.07) is 0. The van der Waals surface area contributed by atoms with E-state index in [1.165, 1.54) is 7.11 Å². The molecule has 94 valence electrons. The second-order valence-corrected chi connectivity index (χ2v) is 4.67. The predicted molar refractivity (Wildman–Crippen MR) is 64.1 cm³/mol. The standard InChI is InChI=1S/C12H24N2O2/c1-4-8-14(5-2)9-12(13,10-6-7-10)11(15)16-3/h10H,4-9,13H2,1-3H3. The molecule has 4 heteroatoms. The lowest BCUT2D eigenvalue weighted by molar-refractivity contribution is -0.148. The van der Waals surface area contributed by atoms with Crippen molar-refractivity contribution in [3.63, 3.8) is 0 Å². The summed E-state index contributed by atoms with van der Waals surface area (Å²) in [5.41, 5.74) is 5.46. The number of ether oxygens (including phenoxy) is 1. The topological polar surface area (TPSA) is 55.6 Å². The van der Waals surface area contributed by atoms with Gasteiger partial charge in [0.25, 0.3) is 0 Å². The highest BCUT2D eigenvalue weighted by Crippen LogP contribution is 2.39. The molecule has 0 spiro atoms. The second-order valence-electron chi connectivity index (χ2n) is 4.67. The first-order valence-electron chi connectivity index (χ1n) is 6.18. The van der Waals surface area contributed by atoms with E-state index < -0.39 is 5.54 Å². The third kappa shape index (κ3) is 2.95. The zero-order valence-corrected chi connectivity index (χ0v) is 10.7. The van der Waals surface area contributed by atoms with E-state index in [1.54, 1.807) is 0 Å². The smallest absolute Gasteiger partial charge is 0.327 e. The summed E-state index contributed by atoms with van der Waals surface area (Å²) in [5, 5.41) is 0. The van der Waals surface area contributed by atoms with Crippen molar-refractivity contribution >= 4 is 5.97 Å². The molecule has 16 heavy (non-hydrogen) atoms. The van der Waals surface area contributed by atoms with Crippen molar-refractivity contribution < 1.29 is 9.53 Å². The molecule has 0 aromatic heterocycles. The molecular formula is C12H24N2O2. The monoisotopic (exact) mass is 228 g/mol. The minimum Gasteiger partial charge on any atom is -0.468 e. The normalized spacial score (nSPS) is 19.6. The first-order valence-corrected chi connectivity index (χ1v) is 6.18. The van der Waals surface area contributed by atoms with E-state index in [0.29, 0.717) is 12.5 Å². The number of carbonyl (C=O) groups excluding carboxylic acids is 1. The van der Waals surface area contributed by atoms with Crippen molar-refractivity contribution in [1.29, 1.82) is 0 Å². The molecule has 0 aromatic carbocycles. The highest BCUT2D eigenvalue weighted by molar-refractivity contribution is 5.81. The molecule has 1 saturated carbocycles. The number of nitrogens with zero attached hydrogens (tertiary/aromatic N) is 1. The van der Waals surface area contributed by atoms with Gasteiger partial charge in [0.05, 0.1) is 7.11 Å². The fraction of sp³-hybridized carbons (Fsp3) is 0.917. The Bertz CT molecular complexity index is 241. The lowest BCUT2D eigenvalue weighted by atomic mass is 9.93. The average Bonchev–Trinajstić information content (AvgIpc) is 3.11. The second kappa shape index (κ2) is 5.64. The van der Waals surface area contributed by atoms with Gasteiger partial charge in [0.2, 0.25) is 0 Å². The molecule has 0 radical (unpaired) electrons. The van der Waals surface area contributed by atoms with Crippen LogP contribution in [0.4, 0.5) is 0 Å². The molecule has 2 N–H and O–H groups in total. The molecule has 0 amide bonds. The molecule has 0 heterocycles. The quantitative estimate of drug-likeness (QED) is 0.660. The maximum absolute atomic E-state index is 11.8. The molecule has 0 aromatic rings. The van der Waals surface area contributed by atoms with Crippen LogP contribution in [0.2, 0.25) is 0 Å². The number of esters is 1. The molecule has 1 atom stereocenters. The van der Waals surface area contributed by atoms with Crippen LogP contribution in [-0.2, 0) is 9.53 Å². The van der Waals surface area contributed by atoms with Gasteiger partial charge in [0.1, 0.15) is 5.54 Å². The van der Waals surface area contributed by atoms with Gasteiger partial charge in [-0.1, -0.05) is 13.8 Å². The van der Waals surface area contributed by atoms with Crippen LogP contribution in [0.5, 0.6) is 0 Å². The van der Waals surface area contributed by atoms with Crippen molar-refractivity contribution in [1.82, 2.24) is 4.90 Å². The maximum Gasteiger partial charge on any atom is 0.327 e. The predicted octanol–water partition coefficient (Wildman–Crippen LogP) is 0.999. The summed E-state index contributed by atoms with van der Waals surface area (Å²) in [7, 11) is 1.42. The minimum atomic E-state index is -0.792. The van der Waals surface area contributed by atoms with E-state index >= 15 is 0 Å². The molecule has 0 saturated heterocycles. The third-order valence-corrected chi connectivity index (χ3v) is 3.34. The lowest BCUT2D eigenvalue weighted by Gasteiger charge is -2.32. The molecule has 1 aliphatic carbocycles. The SMILES string of the molecule is CCCN(CC)CC(N)(C(=O)OC)C1CC1. The molecule has 1 fully saturated rings. The Morgan fingerprint density at radius 2 is 2.12 bits per heavy atom. The zero-order valence-electron chi connectivity index (χ0n) is 10.7. The number of hydrogen-bond acceptors (Lipinski definition) is 4.